The van der Waals surface area contributed by atoms with E-state index in [-0.39, 0.29) is 17.7 Å². The van der Waals surface area contributed by atoms with Crippen LogP contribution in [0.25, 0.3) is 0 Å². The second-order valence-electron chi connectivity index (χ2n) is 3.94. The number of aromatic carboxylic acids is 1. The summed E-state index contributed by atoms with van der Waals surface area (Å²) in [5.74, 6) is -0.677. The summed E-state index contributed by atoms with van der Waals surface area (Å²) in [6, 6.07) is 2.78. The molecule has 1 aromatic heterocycles. The molecular formula is C11H14N2O4. The van der Waals surface area contributed by atoms with Crippen LogP contribution in [0, 0.1) is 0 Å². The minimum absolute atomic E-state index is 0.0127. The molecule has 6 heteroatoms. The van der Waals surface area contributed by atoms with Gasteiger partial charge < -0.3 is 14.8 Å². The summed E-state index contributed by atoms with van der Waals surface area (Å²) in [7, 11) is 0. The van der Waals surface area contributed by atoms with Crippen LogP contribution in [0.5, 0.6) is 0 Å². The molecular weight excluding hydrogens is 224 g/mol. The van der Waals surface area contributed by atoms with E-state index in [4.69, 9.17) is 9.52 Å². The third-order valence-electron chi connectivity index (χ3n) is 2.68. The third-order valence-corrected chi connectivity index (χ3v) is 2.68. The lowest BCUT2D eigenvalue weighted by Gasteiger charge is -2.22. The molecule has 1 fully saturated rings. The van der Waals surface area contributed by atoms with E-state index in [1.807, 2.05) is 0 Å². The lowest BCUT2D eigenvalue weighted by molar-refractivity contribution is -0.124. The van der Waals surface area contributed by atoms with Gasteiger partial charge in [0.25, 0.3) is 0 Å². The first-order valence-corrected chi connectivity index (χ1v) is 5.50. The van der Waals surface area contributed by atoms with E-state index in [1.54, 1.807) is 6.07 Å². The highest BCUT2D eigenvalue weighted by molar-refractivity contribution is 5.84. The van der Waals surface area contributed by atoms with Crippen molar-refractivity contribution in [3.63, 3.8) is 0 Å². The van der Waals surface area contributed by atoms with Crippen molar-refractivity contribution in [3.05, 3.63) is 23.7 Å². The summed E-state index contributed by atoms with van der Waals surface area (Å²) in [6.45, 7) is 1.08. The lowest BCUT2D eigenvalue weighted by Crippen LogP contribution is -2.47. The topological polar surface area (TPSA) is 91.6 Å². The van der Waals surface area contributed by atoms with Crippen molar-refractivity contribution in [2.24, 2.45) is 0 Å². The summed E-state index contributed by atoms with van der Waals surface area (Å²) in [5.41, 5.74) is 0. The van der Waals surface area contributed by atoms with Gasteiger partial charge in [-0.25, -0.2) is 4.79 Å². The predicted molar refractivity (Wildman–Crippen MR) is 58.5 cm³/mol. The number of carbonyl (C=O) groups excluding carboxylic acids is 1. The molecule has 17 heavy (non-hydrogen) atoms. The normalized spacial score (nSPS) is 20.0. The zero-order valence-corrected chi connectivity index (χ0v) is 9.23. The van der Waals surface area contributed by atoms with E-state index in [0.717, 1.165) is 19.4 Å². The second kappa shape index (κ2) is 5.01. The molecule has 1 unspecified atom stereocenters. The quantitative estimate of drug-likeness (QED) is 0.703. The molecule has 1 amide bonds. The number of carbonyl (C=O) groups is 2. The molecule has 1 aliphatic heterocycles. The van der Waals surface area contributed by atoms with Gasteiger partial charge in [-0.3, -0.25) is 10.1 Å². The molecule has 0 aromatic carbocycles. The molecule has 0 aliphatic carbocycles. The molecule has 1 atom stereocenters. The molecule has 0 spiro atoms. The third kappa shape index (κ3) is 2.85. The van der Waals surface area contributed by atoms with Gasteiger partial charge in [-0.1, -0.05) is 0 Å². The molecule has 3 N–H and O–H groups in total. The van der Waals surface area contributed by atoms with Gasteiger partial charge in [0.05, 0.1) is 12.6 Å². The van der Waals surface area contributed by atoms with E-state index in [9.17, 15) is 9.59 Å². The molecule has 2 rings (SSSR count). The summed E-state index contributed by atoms with van der Waals surface area (Å²) >= 11 is 0. The van der Waals surface area contributed by atoms with Crippen molar-refractivity contribution < 1.29 is 19.1 Å². The highest BCUT2D eigenvalue weighted by Crippen LogP contribution is 2.09. The summed E-state index contributed by atoms with van der Waals surface area (Å²) < 4.78 is 5.08. The number of rotatable bonds is 4. The van der Waals surface area contributed by atoms with Gasteiger partial charge in [-0.15, -0.1) is 0 Å². The van der Waals surface area contributed by atoms with E-state index in [1.165, 1.54) is 6.07 Å². The van der Waals surface area contributed by atoms with E-state index in [2.05, 4.69) is 10.6 Å². The van der Waals surface area contributed by atoms with Gasteiger partial charge in [0.2, 0.25) is 11.7 Å². The van der Waals surface area contributed by atoms with Crippen LogP contribution in [0.3, 0.4) is 0 Å². The van der Waals surface area contributed by atoms with E-state index >= 15 is 0 Å². The minimum Gasteiger partial charge on any atom is -0.475 e. The Morgan fingerprint density at radius 1 is 1.59 bits per heavy atom. The maximum Gasteiger partial charge on any atom is 0.371 e. The molecule has 6 nitrogen and oxygen atoms in total. The summed E-state index contributed by atoms with van der Waals surface area (Å²) in [4.78, 5) is 22.0. The Kier molecular flexibility index (Phi) is 3.43. The zero-order chi connectivity index (χ0) is 12.3. The van der Waals surface area contributed by atoms with Crippen molar-refractivity contribution in [3.8, 4) is 0 Å². The van der Waals surface area contributed by atoms with E-state index < -0.39 is 5.97 Å². The molecule has 1 aromatic rings. The van der Waals surface area contributed by atoms with Gasteiger partial charge in [-0.05, 0) is 25.0 Å². The summed E-state index contributed by atoms with van der Waals surface area (Å²) in [5, 5.41) is 14.5. The van der Waals surface area contributed by atoms with Crippen LogP contribution in [0.2, 0.25) is 0 Å². The number of nitrogens with one attached hydrogen (secondary N) is 2. The summed E-state index contributed by atoms with van der Waals surface area (Å²) in [6.07, 6.45) is 1.74. The Bertz CT molecular complexity index is 427. The average Bonchev–Trinajstić information content (AvgIpc) is 2.77. The Hall–Kier alpha value is -1.82. The second-order valence-corrected chi connectivity index (χ2v) is 3.94. The van der Waals surface area contributed by atoms with Gasteiger partial charge in [-0.2, -0.15) is 0 Å². The molecule has 1 saturated heterocycles. The number of amides is 1. The maximum absolute atomic E-state index is 11.4. The molecule has 0 saturated carbocycles. The maximum atomic E-state index is 11.4. The van der Waals surface area contributed by atoms with Gasteiger partial charge in [0.15, 0.2) is 0 Å². The molecule has 1 aliphatic rings. The van der Waals surface area contributed by atoms with Crippen molar-refractivity contribution in [1.82, 2.24) is 10.6 Å². The molecule has 92 valence electrons. The predicted octanol–water partition coefficient (Wildman–Crippen LogP) is 0.346. The monoisotopic (exact) mass is 238 g/mol. The van der Waals surface area contributed by atoms with Gasteiger partial charge >= 0.3 is 5.97 Å². The van der Waals surface area contributed by atoms with Crippen LogP contribution < -0.4 is 10.6 Å². The first-order valence-electron chi connectivity index (χ1n) is 5.50. The minimum atomic E-state index is -1.09. The van der Waals surface area contributed by atoms with Crippen LogP contribution in [0.15, 0.2) is 16.5 Å². The number of piperidine rings is 1. The first kappa shape index (κ1) is 11.7. The Balaban J connectivity index is 1.88. The largest absolute Gasteiger partial charge is 0.475 e. The van der Waals surface area contributed by atoms with Crippen LogP contribution >= 0.6 is 0 Å². The fourth-order valence-corrected chi connectivity index (χ4v) is 1.78. The van der Waals surface area contributed by atoms with Crippen LogP contribution in [-0.2, 0) is 11.3 Å². The fourth-order valence-electron chi connectivity index (χ4n) is 1.78. The van der Waals surface area contributed by atoms with Gasteiger partial charge in [0, 0.05) is 6.54 Å². The van der Waals surface area contributed by atoms with Crippen molar-refractivity contribution in [2.75, 3.05) is 6.54 Å². The molecule has 0 radical (unpaired) electrons. The highest BCUT2D eigenvalue weighted by Gasteiger charge is 2.21. The molecule has 0 bridgehead atoms. The fraction of sp³-hybridized carbons (Fsp3) is 0.455. The number of furan rings is 1. The smallest absolute Gasteiger partial charge is 0.371 e. The van der Waals surface area contributed by atoms with Crippen molar-refractivity contribution in [2.45, 2.75) is 25.4 Å². The van der Waals surface area contributed by atoms with Crippen LogP contribution in [0.4, 0.5) is 0 Å². The Morgan fingerprint density at radius 2 is 2.41 bits per heavy atom. The number of carboxylic acids is 1. The number of carboxylic acid groups (broad SMARTS) is 1. The van der Waals surface area contributed by atoms with Crippen molar-refractivity contribution in [1.29, 1.82) is 0 Å². The highest BCUT2D eigenvalue weighted by atomic mass is 16.4. The average molecular weight is 238 g/mol. The Morgan fingerprint density at radius 3 is 3.06 bits per heavy atom. The first-order chi connectivity index (χ1) is 8.16. The van der Waals surface area contributed by atoms with Crippen molar-refractivity contribution >= 4 is 11.9 Å². The lowest BCUT2D eigenvalue weighted by atomic mass is 10.1. The Labute approximate surface area is 98.0 Å². The van der Waals surface area contributed by atoms with E-state index in [0.29, 0.717) is 12.3 Å². The number of hydrogen-bond donors (Lipinski definition) is 3. The molecule has 2 heterocycles. The SMILES string of the molecule is O=C(O)c1ccc(CNC2CCCNC2=O)o1. The zero-order valence-electron chi connectivity index (χ0n) is 9.23. The van der Waals surface area contributed by atoms with Gasteiger partial charge in [0.1, 0.15) is 5.76 Å². The standard InChI is InChI=1S/C11H14N2O4/c14-10-8(2-1-5-12-10)13-6-7-3-4-9(17-7)11(15)16/h3-4,8,13H,1-2,5-6H2,(H,12,14)(H,15,16). The van der Waals surface area contributed by atoms with Crippen LogP contribution in [0.1, 0.15) is 29.2 Å². The number of hydrogen-bond acceptors (Lipinski definition) is 4. The van der Waals surface area contributed by atoms with Crippen LogP contribution in [-0.4, -0.2) is 29.6 Å².